The molecule has 2 nitrogen and oxygen atoms in total. The second-order valence-corrected chi connectivity index (χ2v) is 3.95. The summed E-state index contributed by atoms with van der Waals surface area (Å²) >= 11 is 5.96. The Kier molecular flexibility index (Phi) is 4.71. The second kappa shape index (κ2) is 5.59. The van der Waals surface area contributed by atoms with E-state index in [0.717, 1.165) is 12.3 Å². The van der Waals surface area contributed by atoms with Crippen LogP contribution in [0.3, 0.4) is 0 Å². The van der Waals surface area contributed by atoms with Gasteiger partial charge in [-0.2, -0.15) is 0 Å². The molecule has 1 N–H and O–H groups in total. The van der Waals surface area contributed by atoms with E-state index in [4.69, 9.17) is 16.3 Å². The van der Waals surface area contributed by atoms with Crippen molar-refractivity contribution in [2.75, 3.05) is 13.7 Å². The van der Waals surface area contributed by atoms with E-state index in [-0.39, 0.29) is 12.4 Å². The van der Waals surface area contributed by atoms with E-state index in [1.165, 1.54) is 18.4 Å². The molecule has 1 heterocycles. The smallest absolute Gasteiger partial charge is 0.137 e. The first-order chi connectivity index (χ1) is 6.81. The van der Waals surface area contributed by atoms with Crippen LogP contribution in [0.15, 0.2) is 18.2 Å². The molecule has 2 rings (SSSR count). The van der Waals surface area contributed by atoms with Crippen molar-refractivity contribution in [1.82, 2.24) is 5.32 Å². The molecule has 1 fully saturated rings. The number of methoxy groups -OCH3 is 1. The van der Waals surface area contributed by atoms with Gasteiger partial charge in [0.1, 0.15) is 5.75 Å². The zero-order valence-corrected chi connectivity index (χ0v) is 10.2. The maximum Gasteiger partial charge on any atom is 0.137 e. The van der Waals surface area contributed by atoms with Crippen LogP contribution in [0.5, 0.6) is 5.75 Å². The number of nitrogens with one attached hydrogen (secondary N) is 1. The lowest BCUT2D eigenvalue weighted by Gasteiger charge is -2.12. The molecule has 0 aliphatic carbocycles. The van der Waals surface area contributed by atoms with Gasteiger partial charge >= 0.3 is 0 Å². The van der Waals surface area contributed by atoms with Crippen molar-refractivity contribution in [3.8, 4) is 5.75 Å². The molecule has 1 aliphatic rings. The zero-order chi connectivity index (χ0) is 9.97. The van der Waals surface area contributed by atoms with Crippen LogP contribution in [0.4, 0.5) is 0 Å². The highest BCUT2D eigenvalue weighted by Crippen LogP contribution is 2.30. The van der Waals surface area contributed by atoms with Gasteiger partial charge in [-0.1, -0.05) is 17.7 Å². The molecule has 0 spiro atoms. The van der Waals surface area contributed by atoms with Gasteiger partial charge in [0.25, 0.3) is 0 Å². The summed E-state index contributed by atoms with van der Waals surface area (Å²) in [5.41, 5.74) is 1.27. The average molecular weight is 248 g/mol. The Morgan fingerprint density at radius 3 is 2.87 bits per heavy atom. The predicted octanol–water partition coefficient (Wildman–Crippen LogP) is 3.19. The summed E-state index contributed by atoms with van der Waals surface area (Å²) in [5.74, 6) is 0.762. The van der Waals surface area contributed by atoms with Gasteiger partial charge in [0.2, 0.25) is 0 Å². The van der Waals surface area contributed by atoms with E-state index in [1.54, 1.807) is 7.11 Å². The van der Waals surface area contributed by atoms with E-state index in [2.05, 4.69) is 11.4 Å². The molecule has 1 aromatic carbocycles. The lowest BCUT2D eigenvalue weighted by Crippen LogP contribution is -2.12. The van der Waals surface area contributed by atoms with E-state index in [9.17, 15) is 0 Å². The Morgan fingerprint density at radius 1 is 1.47 bits per heavy atom. The zero-order valence-electron chi connectivity index (χ0n) is 8.63. The molecule has 84 valence electrons. The summed E-state index contributed by atoms with van der Waals surface area (Å²) in [4.78, 5) is 0. The first kappa shape index (κ1) is 12.6. The molecule has 0 bridgehead atoms. The fourth-order valence-corrected chi connectivity index (χ4v) is 2.06. The first-order valence-corrected chi connectivity index (χ1v) is 5.26. The van der Waals surface area contributed by atoms with Gasteiger partial charge in [0.15, 0.2) is 0 Å². The quantitative estimate of drug-likeness (QED) is 0.867. The monoisotopic (exact) mass is 247 g/mol. The van der Waals surface area contributed by atoms with Crippen LogP contribution in [-0.4, -0.2) is 13.7 Å². The largest absolute Gasteiger partial charge is 0.495 e. The molecule has 0 unspecified atom stereocenters. The highest BCUT2D eigenvalue weighted by Gasteiger charge is 2.16. The molecule has 1 aromatic rings. The molecule has 0 radical (unpaired) electrons. The van der Waals surface area contributed by atoms with Crippen LogP contribution >= 0.6 is 24.0 Å². The second-order valence-electron chi connectivity index (χ2n) is 3.54. The van der Waals surface area contributed by atoms with Crippen LogP contribution in [0.25, 0.3) is 0 Å². The maximum atomic E-state index is 5.96. The van der Waals surface area contributed by atoms with Crippen molar-refractivity contribution in [3.63, 3.8) is 0 Å². The van der Waals surface area contributed by atoms with E-state index >= 15 is 0 Å². The van der Waals surface area contributed by atoms with Gasteiger partial charge in [-0.25, -0.2) is 0 Å². The maximum absolute atomic E-state index is 5.96. The third kappa shape index (κ3) is 2.77. The molecule has 1 atom stereocenters. The number of halogens is 2. The summed E-state index contributed by atoms with van der Waals surface area (Å²) < 4.78 is 5.19. The standard InChI is InChI=1S/C11H14ClNO.ClH/c1-14-11-7-8(4-5-9(11)12)10-3-2-6-13-10;/h4-5,7,10,13H,2-3,6H2,1H3;1H/t10-;/m1./s1. The number of ether oxygens (including phenoxy) is 1. The van der Waals surface area contributed by atoms with Crippen LogP contribution in [0.2, 0.25) is 5.02 Å². The van der Waals surface area contributed by atoms with Crippen LogP contribution in [0, 0.1) is 0 Å². The number of hydrogen-bond donors (Lipinski definition) is 1. The Bertz CT molecular complexity index is 324. The minimum absolute atomic E-state index is 0. The lowest BCUT2D eigenvalue weighted by atomic mass is 10.1. The minimum atomic E-state index is 0. The van der Waals surface area contributed by atoms with Gasteiger partial charge in [-0.15, -0.1) is 12.4 Å². The molecule has 0 saturated carbocycles. The minimum Gasteiger partial charge on any atom is -0.495 e. The van der Waals surface area contributed by atoms with Gasteiger partial charge < -0.3 is 10.1 Å². The summed E-state index contributed by atoms with van der Waals surface area (Å²) in [5, 5.41) is 4.12. The third-order valence-corrected chi connectivity index (χ3v) is 2.95. The molecule has 1 saturated heterocycles. The fraction of sp³-hybridized carbons (Fsp3) is 0.455. The van der Waals surface area contributed by atoms with Crippen molar-refractivity contribution in [3.05, 3.63) is 28.8 Å². The number of benzene rings is 1. The summed E-state index contributed by atoms with van der Waals surface area (Å²) in [6.45, 7) is 1.11. The first-order valence-electron chi connectivity index (χ1n) is 4.88. The van der Waals surface area contributed by atoms with Gasteiger partial charge in [0.05, 0.1) is 12.1 Å². The SMILES string of the molecule is COc1cc([C@H]2CCCN2)ccc1Cl.Cl. The van der Waals surface area contributed by atoms with Gasteiger partial charge in [-0.05, 0) is 37.1 Å². The van der Waals surface area contributed by atoms with Crippen molar-refractivity contribution < 1.29 is 4.74 Å². The lowest BCUT2D eigenvalue weighted by molar-refractivity contribution is 0.413. The Balaban J connectivity index is 0.00000112. The molecule has 0 amide bonds. The summed E-state index contributed by atoms with van der Waals surface area (Å²) in [7, 11) is 1.65. The van der Waals surface area contributed by atoms with Crippen molar-refractivity contribution >= 4 is 24.0 Å². The van der Waals surface area contributed by atoms with Crippen molar-refractivity contribution in [2.24, 2.45) is 0 Å². The van der Waals surface area contributed by atoms with Gasteiger partial charge in [0, 0.05) is 6.04 Å². The topological polar surface area (TPSA) is 21.3 Å². The highest BCUT2D eigenvalue weighted by atomic mass is 35.5. The Hall–Kier alpha value is -0.440. The molecule has 0 aromatic heterocycles. The molecular weight excluding hydrogens is 233 g/mol. The summed E-state index contributed by atoms with van der Waals surface area (Å²) in [6.07, 6.45) is 2.44. The van der Waals surface area contributed by atoms with Crippen LogP contribution in [-0.2, 0) is 0 Å². The number of hydrogen-bond acceptors (Lipinski definition) is 2. The molecule has 15 heavy (non-hydrogen) atoms. The van der Waals surface area contributed by atoms with Gasteiger partial charge in [-0.3, -0.25) is 0 Å². The Labute approximate surface area is 101 Å². The molecule has 4 heteroatoms. The normalized spacial score (nSPS) is 19.7. The number of rotatable bonds is 2. The van der Waals surface area contributed by atoms with Crippen LogP contribution in [0.1, 0.15) is 24.4 Å². The summed E-state index contributed by atoms with van der Waals surface area (Å²) in [6, 6.07) is 6.45. The Morgan fingerprint density at radius 2 is 2.27 bits per heavy atom. The predicted molar refractivity (Wildman–Crippen MR) is 65.2 cm³/mol. The highest BCUT2D eigenvalue weighted by molar-refractivity contribution is 6.32. The fourth-order valence-electron chi connectivity index (χ4n) is 1.86. The van der Waals surface area contributed by atoms with E-state index in [1.807, 2.05) is 12.1 Å². The van der Waals surface area contributed by atoms with E-state index in [0.29, 0.717) is 11.1 Å². The van der Waals surface area contributed by atoms with E-state index < -0.39 is 0 Å². The van der Waals surface area contributed by atoms with Crippen molar-refractivity contribution in [1.29, 1.82) is 0 Å². The molecule has 1 aliphatic heterocycles. The van der Waals surface area contributed by atoms with Crippen molar-refractivity contribution in [2.45, 2.75) is 18.9 Å². The average Bonchev–Trinajstić information content (AvgIpc) is 2.71. The third-order valence-electron chi connectivity index (χ3n) is 2.64. The molecular formula is C11H15Cl2NO. The van der Waals surface area contributed by atoms with Crippen LogP contribution < -0.4 is 10.1 Å².